The quantitative estimate of drug-likeness (QED) is 0.206. The number of para-hydroxylation sites is 2. The van der Waals surface area contributed by atoms with E-state index in [0.29, 0.717) is 0 Å². The van der Waals surface area contributed by atoms with E-state index in [1.165, 1.54) is 66.1 Å². The minimum atomic E-state index is 0.923. The molecule has 1 nitrogen and oxygen atoms in total. The zero-order valence-electron chi connectivity index (χ0n) is 24.4. The highest BCUT2D eigenvalue weighted by atomic mass is 16.3. The lowest BCUT2D eigenvalue weighted by Gasteiger charge is -2.11. The first-order valence-corrected chi connectivity index (χ1v) is 15.5. The van der Waals surface area contributed by atoms with E-state index >= 15 is 0 Å². The van der Waals surface area contributed by atoms with Crippen molar-refractivity contribution >= 4 is 43.5 Å². The molecule has 8 aromatic carbocycles. The summed E-state index contributed by atoms with van der Waals surface area (Å²) in [6.45, 7) is 0. The molecule has 1 aliphatic carbocycles. The number of hydrogen-bond acceptors (Lipinski definition) is 1. The third kappa shape index (κ3) is 3.68. The van der Waals surface area contributed by atoms with Crippen LogP contribution >= 0.6 is 0 Å². The standard InChI is InChI=1S/C44H26O/c1-2-12-37-36(11-1)39-15-6-10-33-25-34(26-41(37)43(33)39)31-21-20-29-22-28(18-19-30(29)23-31)27-8-5-9-32(24-27)35-14-7-16-40-38-13-3-4-17-42(38)45-44(35)40/h1-26H. The Morgan fingerprint density at radius 2 is 0.911 bits per heavy atom. The fraction of sp³-hybridized carbons (Fsp3) is 0. The van der Waals surface area contributed by atoms with E-state index in [-0.39, 0.29) is 0 Å². The van der Waals surface area contributed by atoms with Crippen LogP contribution in [0.3, 0.4) is 0 Å². The molecule has 1 heterocycles. The van der Waals surface area contributed by atoms with Crippen LogP contribution in [-0.2, 0) is 0 Å². The molecule has 0 amide bonds. The van der Waals surface area contributed by atoms with Crippen molar-refractivity contribution in [3.63, 3.8) is 0 Å². The maximum atomic E-state index is 6.35. The summed E-state index contributed by atoms with van der Waals surface area (Å²) < 4.78 is 6.35. The second-order valence-electron chi connectivity index (χ2n) is 12.1. The SMILES string of the molecule is c1cc(-c2ccc3cc(-c4cc5c6c(cccc6c4)-c4ccccc4-5)ccc3c2)cc(-c2cccc3c2oc2ccccc23)c1. The van der Waals surface area contributed by atoms with E-state index in [0.717, 1.165) is 33.1 Å². The van der Waals surface area contributed by atoms with Gasteiger partial charge in [-0.3, -0.25) is 0 Å². The summed E-state index contributed by atoms with van der Waals surface area (Å²) in [5.41, 5.74) is 14.4. The van der Waals surface area contributed by atoms with Gasteiger partial charge in [0, 0.05) is 16.3 Å². The largest absolute Gasteiger partial charge is 0.455 e. The van der Waals surface area contributed by atoms with Crippen LogP contribution in [-0.4, -0.2) is 0 Å². The van der Waals surface area contributed by atoms with Gasteiger partial charge in [-0.25, -0.2) is 0 Å². The van der Waals surface area contributed by atoms with Crippen LogP contribution in [0.25, 0.3) is 99.1 Å². The Morgan fingerprint density at radius 1 is 0.311 bits per heavy atom. The molecular weight excluding hydrogens is 544 g/mol. The molecule has 0 radical (unpaired) electrons. The van der Waals surface area contributed by atoms with Gasteiger partial charge in [-0.2, -0.15) is 0 Å². The van der Waals surface area contributed by atoms with Gasteiger partial charge in [0.1, 0.15) is 11.2 Å². The van der Waals surface area contributed by atoms with Gasteiger partial charge in [-0.15, -0.1) is 0 Å². The molecule has 9 aromatic rings. The van der Waals surface area contributed by atoms with Crippen molar-refractivity contribution in [1.82, 2.24) is 0 Å². The first kappa shape index (κ1) is 24.5. The fourth-order valence-corrected chi connectivity index (χ4v) is 7.43. The van der Waals surface area contributed by atoms with Crippen molar-refractivity contribution in [2.75, 3.05) is 0 Å². The normalized spacial score (nSPS) is 12.0. The van der Waals surface area contributed by atoms with Gasteiger partial charge in [0.25, 0.3) is 0 Å². The van der Waals surface area contributed by atoms with Crippen molar-refractivity contribution < 1.29 is 4.42 Å². The topological polar surface area (TPSA) is 13.1 Å². The third-order valence-corrected chi connectivity index (χ3v) is 9.57. The molecule has 0 aliphatic heterocycles. The summed E-state index contributed by atoms with van der Waals surface area (Å²) in [5, 5.41) is 7.45. The summed E-state index contributed by atoms with van der Waals surface area (Å²) in [5.74, 6) is 0. The molecule has 0 saturated carbocycles. The first-order chi connectivity index (χ1) is 22.3. The highest BCUT2D eigenvalue weighted by molar-refractivity contribution is 6.16. The summed E-state index contributed by atoms with van der Waals surface area (Å²) in [6.07, 6.45) is 0. The van der Waals surface area contributed by atoms with Crippen LogP contribution in [0, 0.1) is 0 Å². The lowest BCUT2D eigenvalue weighted by atomic mass is 9.93. The second-order valence-corrected chi connectivity index (χ2v) is 12.1. The minimum Gasteiger partial charge on any atom is -0.455 e. The molecule has 0 fully saturated rings. The molecule has 10 rings (SSSR count). The maximum Gasteiger partial charge on any atom is 0.143 e. The number of fused-ring (bicyclic) bond motifs is 7. The van der Waals surface area contributed by atoms with Gasteiger partial charge >= 0.3 is 0 Å². The molecule has 0 saturated heterocycles. The van der Waals surface area contributed by atoms with E-state index in [1.807, 2.05) is 12.1 Å². The van der Waals surface area contributed by atoms with Crippen molar-refractivity contribution in [3.05, 3.63) is 158 Å². The van der Waals surface area contributed by atoms with E-state index < -0.39 is 0 Å². The molecule has 45 heavy (non-hydrogen) atoms. The summed E-state index contributed by atoms with van der Waals surface area (Å²) >= 11 is 0. The van der Waals surface area contributed by atoms with Gasteiger partial charge < -0.3 is 4.42 Å². The molecule has 0 bridgehead atoms. The third-order valence-electron chi connectivity index (χ3n) is 9.57. The van der Waals surface area contributed by atoms with Gasteiger partial charge in [0.2, 0.25) is 0 Å². The minimum absolute atomic E-state index is 0.923. The molecule has 1 aliphatic rings. The van der Waals surface area contributed by atoms with Gasteiger partial charge in [-0.1, -0.05) is 121 Å². The van der Waals surface area contributed by atoms with Crippen molar-refractivity contribution in [2.45, 2.75) is 0 Å². The van der Waals surface area contributed by atoms with Gasteiger partial charge in [0.15, 0.2) is 0 Å². The Bertz CT molecular complexity index is 2650. The van der Waals surface area contributed by atoms with Crippen LogP contribution < -0.4 is 0 Å². The van der Waals surface area contributed by atoms with E-state index in [9.17, 15) is 0 Å². The van der Waals surface area contributed by atoms with Crippen LogP contribution in [0.4, 0.5) is 0 Å². The number of hydrogen-bond donors (Lipinski definition) is 0. The second kappa shape index (κ2) is 9.29. The zero-order chi connectivity index (χ0) is 29.5. The lowest BCUT2D eigenvalue weighted by Crippen LogP contribution is -1.85. The Labute approximate surface area is 260 Å². The highest BCUT2D eigenvalue weighted by Crippen LogP contribution is 2.48. The van der Waals surface area contributed by atoms with Crippen LogP contribution in [0.5, 0.6) is 0 Å². The van der Waals surface area contributed by atoms with E-state index in [4.69, 9.17) is 4.42 Å². The average molecular weight is 571 g/mol. The molecule has 1 aromatic heterocycles. The number of furan rings is 1. The predicted octanol–water partition coefficient (Wildman–Crippen LogP) is 12.5. The van der Waals surface area contributed by atoms with Crippen molar-refractivity contribution in [2.24, 2.45) is 0 Å². The van der Waals surface area contributed by atoms with Crippen LogP contribution in [0.2, 0.25) is 0 Å². The lowest BCUT2D eigenvalue weighted by molar-refractivity contribution is 0.670. The van der Waals surface area contributed by atoms with Crippen molar-refractivity contribution in [3.8, 4) is 55.6 Å². The first-order valence-electron chi connectivity index (χ1n) is 15.5. The Morgan fingerprint density at radius 3 is 1.78 bits per heavy atom. The fourth-order valence-electron chi connectivity index (χ4n) is 7.43. The van der Waals surface area contributed by atoms with E-state index in [1.54, 1.807) is 0 Å². The molecule has 1 heteroatoms. The molecule has 208 valence electrons. The van der Waals surface area contributed by atoms with Crippen LogP contribution in [0.1, 0.15) is 0 Å². The number of benzene rings is 8. The Kier molecular flexibility index (Phi) is 5.06. The monoisotopic (exact) mass is 570 g/mol. The predicted molar refractivity (Wildman–Crippen MR) is 189 cm³/mol. The van der Waals surface area contributed by atoms with Gasteiger partial charge in [-0.05, 0) is 108 Å². The summed E-state index contributed by atoms with van der Waals surface area (Å²) in [6, 6.07) is 57.3. The Hall–Kier alpha value is -5.92. The summed E-state index contributed by atoms with van der Waals surface area (Å²) in [7, 11) is 0. The smallest absolute Gasteiger partial charge is 0.143 e. The van der Waals surface area contributed by atoms with Crippen molar-refractivity contribution in [1.29, 1.82) is 0 Å². The molecule has 0 atom stereocenters. The molecule has 0 unspecified atom stereocenters. The molecule has 0 N–H and O–H groups in total. The summed E-state index contributed by atoms with van der Waals surface area (Å²) in [4.78, 5) is 0. The van der Waals surface area contributed by atoms with Gasteiger partial charge in [0.05, 0.1) is 0 Å². The molecular formula is C44H26O. The average Bonchev–Trinajstić information content (AvgIpc) is 3.65. The maximum absolute atomic E-state index is 6.35. The highest BCUT2D eigenvalue weighted by Gasteiger charge is 2.21. The van der Waals surface area contributed by atoms with E-state index in [2.05, 4.69) is 146 Å². The van der Waals surface area contributed by atoms with Crippen LogP contribution in [0.15, 0.2) is 162 Å². The zero-order valence-corrected chi connectivity index (χ0v) is 24.4. The molecule has 0 spiro atoms. The number of rotatable bonds is 3. The Balaban J connectivity index is 1.04.